The van der Waals surface area contributed by atoms with E-state index in [0.29, 0.717) is 11.0 Å². The molecule has 1 amide bonds. The lowest BCUT2D eigenvalue weighted by Gasteiger charge is -2.34. The number of halogens is 3. The Labute approximate surface area is 184 Å². The van der Waals surface area contributed by atoms with Crippen molar-refractivity contribution < 1.29 is 27.9 Å². The van der Waals surface area contributed by atoms with Crippen molar-refractivity contribution in [3.8, 4) is 11.1 Å². The van der Waals surface area contributed by atoms with Crippen LogP contribution in [0.25, 0.3) is 11.1 Å². The van der Waals surface area contributed by atoms with Gasteiger partial charge in [0.25, 0.3) is 0 Å². The third-order valence-electron chi connectivity index (χ3n) is 5.66. The van der Waals surface area contributed by atoms with Crippen LogP contribution in [0.5, 0.6) is 0 Å². The first-order chi connectivity index (χ1) is 14.4. The van der Waals surface area contributed by atoms with Crippen molar-refractivity contribution in [1.29, 1.82) is 0 Å². The van der Waals surface area contributed by atoms with Crippen molar-refractivity contribution in [1.82, 2.24) is 0 Å². The van der Waals surface area contributed by atoms with Gasteiger partial charge < -0.3 is 10.8 Å². The minimum Gasteiger partial charge on any atom is -0.475 e. The number of amides is 1. The van der Waals surface area contributed by atoms with Crippen LogP contribution in [0.2, 0.25) is 0 Å². The lowest BCUT2D eigenvalue weighted by atomic mass is 9.72. The zero-order chi connectivity index (χ0) is 23.2. The number of aryl methyl sites for hydroxylation is 1. The summed E-state index contributed by atoms with van der Waals surface area (Å²) in [5, 5.41) is 9.35. The molecule has 31 heavy (non-hydrogen) atoms. The number of rotatable bonds is 5. The number of nitrogens with two attached hydrogens (primary N) is 1. The lowest BCUT2D eigenvalue weighted by molar-refractivity contribution is -0.192. The summed E-state index contributed by atoms with van der Waals surface area (Å²) in [7, 11) is 0. The van der Waals surface area contributed by atoms with Gasteiger partial charge in [0.15, 0.2) is 0 Å². The quantitative estimate of drug-likeness (QED) is 0.555. The fourth-order valence-corrected chi connectivity index (χ4v) is 4.50. The largest absolute Gasteiger partial charge is 0.490 e. The van der Waals surface area contributed by atoms with Gasteiger partial charge in [-0.3, -0.25) is 4.79 Å². The molecule has 2 aromatic rings. The first-order valence-electron chi connectivity index (χ1n) is 10.2. The van der Waals surface area contributed by atoms with Crippen LogP contribution in [0.1, 0.15) is 61.2 Å². The highest BCUT2D eigenvalue weighted by Crippen LogP contribution is 2.40. The Morgan fingerprint density at radius 3 is 2.16 bits per heavy atom. The summed E-state index contributed by atoms with van der Waals surface area (Å²) in [5.41, 5.74) is 8.82. The van der Waals surface area contributed by atoms with E-state index in [2.05, 4.69) is 25.3 Å². The van der Waals surface area contributed by atoms with Gasteiger partial charge in [-0.1, -0.05) is 26.0 Å². The van der Waals surface area contributed by atoms with Gasteiger partial charge in [-0.05, 0) is 84.6 Å². The van der Waals surface area contributed by atoms with E-state index >= 15 is 0 Å². The van der Waals surface area contributed by atoms with E-state index in [1.807, 2.05) is 23.5 Å². The molecule has 1 aromatic heterocycles. The maximum atomic E-state index is 11.2. The monoisotopic (exact) mass is 455 g/mol. The molecule has 4 nitrogen and oxygen atoms in total. The van der Waals surface area contributed by atoms with Gasteiger partial charge in [0.05, 0.1) is 0 Å². The Hall–Kier alpha value is -2.35. The molecule has 0 radical (unpaired) electrons. The second-order valence-electron chi connectivity index (χ2n) is 8.69. The molecule has 1 aliphatic carbocycles. The molecule has 1 aliphatic rings. The lowest BCUT2D eigenvalue weighted by Crippen LogP contribution is -2.21. The summed E-state index contributed by atoms with van der Waals surface area (Å²) in [6, 6.07) is 9.87. The van der Waals surface area contributed by atoms with Crippen LogP contribution in [0.4, 0.5) is 13.2 Å². The third kappa shape index (κ3) is 8.01. The van der Waals surface area contributed by atoms with Crippen LogP contribution in [0.3, 0.4) is 0 Å². The van der Waals surface area contributed by atoms with Crippen LogP contribution in [0, 0.1) is 11.3 Å². The standard InChI is InChI=1S/C21H27NOS.C2HF3O2/c1-21(2)11-9-15(10-12-21)3-8-19-13-18(14-24-19)16-4-6-17(7-5-16)20(22)23;3-2(4,5)1(6)7/h4-7,13-15H,3,8-12H2,1-2H3,(H2,22,23);(H,6,7). The number of carbonyl (C=O) groups is 2. The maximum Gasteiger partial charge on any atom is 0.490 e. The number of carboxylic acid groups (broad SMARTS) is 1. The highest BCUT2D eigenvalue weighted by Gasteiger charge is 2.38. The van der Waals surface area contributed by atoms with E-state index in [4.69, 9.17) is 15.6 Å². The van der Waals surface area contributed by atoms with E-state index in [1.54, 1.807) is 12.1 Å². The van der Waals surface area contributed by atoms with Gasteiger partial charge in [0, 0.05) is 10.4 Å². The minimum absolute atomic E-state index is 0.372. The van der Waals surface area contributed by atoms with Crippen LogP contribution in [-0.2, 0) is 11.2 Å². The molecule has 170 valence electrons. The summed E-state index contributed by atoms with van der Waals surface area (Å²) >= 11 is 1.85. The summed E-state index contributed by atoms with van der Waals surface area (Å²) in [4.78, 5) is 21.5. The van der Waals surface area contributed by atoms with Crippen LogP contribution < -0.4 is 5.73 Å². The zero-order valence-electron chi connectivity index (χ0n) is 17.7. The molecule has 0 atom stereocenters. The van der Waals surface area contributed by atoms with E-state index in [1.165, 1.54) is 49.0 Å². The number of carbonyl (C=O) groups excluding carboxylic acids is 1. The summed E-state index contributed by atoms with van der Waals surface area (Å²) in [6.45, 7) is 4.80. The van der Waals surface area contributed by atoms with Gasteiger partial charge in [-0.15, -0.1) is 11.3 Å². The Kier molecular flexibility index (Phi) is 8.28. The topological polar surface area (TPSA) is 80.4 Å². The minimum atomic E-state index is -5.08. The molecule has 3 rings (SSSR count). The van der Waals surface area contributed by atoms with Gasteiger partial charge in [0.2, 0.25) is 5.91 Å². The van der Waals surface area contributed by atoms with Crippen molar-refractivity contribution >= 4 is 23.2 Å². The molecule has 8 heteroatoms. The number of alkyl halides is 3. The van der Waals surface area contributed by atoms with Crippen molar-refractivity contribution in [2.24, 2.45) is 17.1 Å². The molecule has 0 unspecified atom stereocenters. The van der Waals surface area contributed by atoms with Crippen molar-refractivity contribution in [2.75, 3.05) is 0 Å². The summed E-state index contributed by atoms with van der Waals surface area (Å²) in [5.74, 6) is -2.23. The van der Waals surface area contributed by atoms with Crippen LogP contribution in [-0.4, -0.2) is 23.2 Å². The number of benzene rings is 1. The molecule has 1 saturated carbocycles. The average Bonchev–Trinajstić information content (AvgIpc) is 3.16. The zero-order valence-corrected chi connectivity index (χ0v) is 18.5. The molecule has 0 saturated heterocycles. The Morgan fingerprint density at radius 1 is 1.13 bits per heavy atom. The normalized spacial score (nSPS) is 16.3. The van der Waals surface area contributed by atoms with E-state index < -0.39 is 12.1 Å². The average molecular weight is 456 g/mol. The number of hydrogen-bond acceptors (Lipinski definition) is 3. The SMILES string of the molecule is CC1(C)CCC(CCc2cc(-c3ccc(C(N)=O)cc3)cs2)CC1.O=C(O)C(F)(F)F. The van der Waals surface area contributed by atoms with E-state index in [9.17, 15) is 18.0 Å². The second-order valence-corrected chi connectivity index (χ2v) is 9.69. The molecule has 0 spiro atoms. The highest BCUT2D eigenvalue weighted by atomic mass is 32.1. The molecule has 0 bridgehead atoms. The number of aliphatic carboxylic acids is 1. The first kappa shape index (κ1) is 24.9. The smallest absolute Gasteiger partial charge is 0.475 e. The molecule has 0 aliphatic heterocycles. The second kappa shape index (κ2) is 10.3. The third-order valence-corrected chi connectivity index (χ3v) is 6.65. The number of hydrogen-bond donors (Lipinski definition) is 2. The van der Waals surface area contributed by atoms with Gasteiger partial charge in [0.1, 0.15) is 0 Å². The van der Waals surface area contributed by atoms with Crippen molar-refractivity contribution in [3.05, 3.63) is 46.2 Å². The van der Waals surface area contributed by atoms with Crippen LogP contribution >= 0.6 is 11.3 Å². The first-order valence-corrected chi connectivity index (χ1v) is 11.0. The highest BCUT2D eigenvalue weighted by molar-refractivity contribution is 7.10. The van der Waals surface area contributed by atoms with Crippen molar-refractivity contribution in [2.45, 2.75) is 58.5 Å². The molecular formula is C23H28F3NO3S. The number of thiophene rings is 1. The number of carboxylic acids is 1. The van der Waals surface area contributed by atoms with Gasteiger partial charge >= 0.3 is 12.1 Å². The molecule has 1 heterocycles. The fourth-order valence-electron chi connectivity index (χ4n) is 3.58. The maximum absolute atomic E-state index is 11.2. The molecule has 3 N–H and O–H groups in total. The summed E-state index contributed by atoms with van der Waals surface area (Å²) < 4.78 is 31.7. The summed E-state index contributed by atoms with van der Waals surface area (Å²) in [6.07, 6.45) is 2.95. The van der Waals surface area contributed by atoms with Crippen molar-refractivity contribution in [3.63, 3.8) is 0 Å². The Bertz CT molecular complexity index is 878. The molecule has 1 aromatic carbocycles. The van der Waals surface area contributed by atoms with Gasteiger partial charge in [-0.25, -0.2) is 4.79 Å². The molecule has 1 fully saturated rings. The Balaban J connectivity index is 0.000000423. The van der Waals surface area contributed by atoms with E-state index in [0.717, 1.165) is 11.5 Å². The Morgan fingerprint density at radius 2 is 1.68 bits per heavy atom. The van der Waals surface area contributed by atoms with E-state index in [-0.39, 0.29) is 5.91 Å². The predicted octanol–water partition coefficient (Wildman–Crippen LogP) is 6.30. The number of primary amides is 1. The predicted molar refractivity (Wildman–Crippen MR) is 116 cm³/mol. The van der Waals surface area contributed by atoms with Crippen LogP contribution in [0.15, 0.2) is 35.7 Å². The van der Waals surface area contributed by atoms with Gasteiger partial charge in [-0.2, -0.15) is 13.2 Å². The molecular weight excluding hydrogens is 427 g/mol. The fraction of sp³-hybridized carbons (Fsp3) is 0.478.